The Hall–Kier alpha value is -1.46. The van der Waals surface area contributed by atoms with Crippen LogP contribution in [0.3, 0.4) is 0 Å². The van der Waals surface area contributed by atoms with Crippen molar-refractivity contribution in [3.63, 3.8) is 0 Å². The zero-order valence-electron chi connectivity index (χ0n) is 9.84. The highest BCUT2D eigenvalue weighted by Gasteiger charge is 2.08. The van der Waals surface area contributed by atoms with Crippen molar-refractivity contribution in [1.29, 1.82) is 0 Å². The minimum Gasteiger partial charge on any atom is -0.477 e. The van der Waals surface area contributed by atoms with Gasteiger partial charge in [0, 0.05) is 21.2 Å². The Balaban J connectivity index is 2.07. The summed E-state index contributed by atoms with van der Waals surface area (Å²) in [6, 6.07) is 9.36. The molecule has 1 aromatic carbocycles. The molecule has 0 unspecified atom stereocenters. The number of nitrogens with two attached hydrogens (primary N) is 1. The largest absolute Gasteiger partial charge is 0.477 e. The summed E-state index contributed by atoms with van der Waals surface area (Å²) in [6.45, 7) is 1.99. The fraction of sp³-hybridized carbons (Fsp3) is 0.154. The molecule has 0 aliphatic carbocycles. The minimum atomic E-state index is -0.864. The van der Waals surface area contributed by atoms with Crippen LogP contribution in [-0.2, 0) is 5.75 Å². The first-order chi connectivity index (χ1) is 8.58. The van der Waals surface area contributed by atoms with Gasteiger partial charge in [0.15, 0.2) is 0 Å². The van der Waals surface area contributed by atoms with E-state index in [1.807, 2.05) is 31.2 Å². The summed E-state index contributed by atoms with van der Waals surface area (Å²) in [5.74, 6) is -0.0983. The van der Waals surface area contributed by atoms with E-state index >= 15 is 0 Å². The third kappa shape index (κ3) is 2.86. The van der Waals surface area contributed by atoms with Gasteiger partial charge in [0.25, 0.3) is 0 Å². The lowest BCUT2D eigenvalue weighted by Gasteiger charge is -2.06. The number of anilines is 1. The smallest absolute Gasteiger partial charge is 0.345 e. The number of carboxylic acids is 1. The number of carbonyl (C=O) groups is 1. The Bertz CT molecular complexity index is 578. The summed E-state index contributed by atoms with van der Waals surface area (Å²) in [6.07, 6.45) is 0. The molecule has 3 nitrogen and oxygen atoms in total. The van der Waals surface area contributed by atoms with Crippen molar-refractivity contribution in [3.8, 4) is 0 Å². The maximum absolute atomic E-state index is 10.8. The Morgan fingerprint density at radius 3 is 2.83 bits per heavy atom. The summed E-state index contributed by atoms with van der Waals surface area (Å²) < 4.78 is 0. The Morgan fingerprint density at radius 1 is 1.39 bits per heavy atom. The number of benzene rings is 1. The van der Waals surface area contributed by atoms with Crippen LogP contribution in [0.4, 0.5) is 5.69 Å². The van der Waals surface area contributed by atoms with Crippen molar-refractivity contribution in [1.82, 2.24) is 0 Å². The molecule has 5 heteroatoms. The molecule has 1 aromatic heterocycles. The van der Waals surface area contributed by atoms with Crippen molar-refractivity contribution in [3.05, 3.63) is 45.6 Å². The fourth-order valence-corrected chi connectivity index (χ4v) is 3.46. The zero-order valence-corrected chi connectivity index (χ0v) is 11.5. The van der Waals surface area contributed by atoms with E-state index in [2.05, 4.69) is 0 Å². The van der Waals surface area contributed by atoms with Crippen LogP contribution in [0.1, 0.15) is 20.1 Å². The molecule has 18 heavy (non-hydrogen) atoms. The third-order valence-corrected chi connectivity index (χ3v) is 5.03. The average Bonchev–Trinajstić information content (AvgIpc) is 2.80. The number of thioether (sulfide) groups is 1. The van der Waals surface area contributed by atoms with Crippen LogP contribution in [0.5, 0.6) is 0 Å². The number of hydrogen-bond acceptors (Lipinski definition) is 4. The molecule has 0 aliphatic rings. The number of carboxylic acid groups (broad SMARTS) is 1. The second kappa shape index (κ2) is 5.46. The van der Waals surface area contributed by atoms with Gasteiger partial charge in [-0.05, 0) is 36.8 Å². The minimum absolute atomic E-state index is 0.384. The molecule has 0 bridgehead atoms. The Morgan fingerprint density at radius 2 is 2.17 bits per heavy atom. The molecule has 0 fully saturated rings. The van der Waals surface area contributed by atoms with Crippen LogP contribution in [0.25, 0.3) is 0 Å². The molecular formula is C13H13NO2S2. The first-order valence-corrected chi connectivity index (χ1v) is 7.18. The topological polar surface area (TPSA) is 63.3 Å². The van der Waals surface area contributed by atoms with Crippen LogP contribution < -0.4 is 5.73 Å². The first-order valence-electron chi connectivity index (χ1n) is 5.38. The van der Waals surface area contributed by atoms with Gasteiger partial charge in [0.05, 0.1) is 0 Å². The highest BCUT2D eigenvalue weighted by Crippen LogP contribution is 2.31. The predicted octanol–water partition coefficient (Wildman–Crippen LogP) is 3.63. The van der Waals surface area contributed by atoms with Crippen molar-refractivity contribution < 1.29 is 9.90 Å². The molecule has 0 atom stereocenters. The monoisotopic (exact) mass is 279 g/mol. The fourth-order valence-electron chi connectivity index (χ4n) is 1.51. The molecule has 0 amide bonds. The van der Waals surface area contributed by atoms with E-state index in [9.17, 15) is 4.79 Å². The Kier molecular flexibility index (Phi) is 3.93. The molecule has 0 spiro atoms. The van der Waals surface area contributed by atoms with Crippen LogP contribution in [0.15, 0.2) is 35.2 Å². The molecule has 3 N–H and O–H groups in total. The lowest BCUT2D eigenvalue weighted by molar-refractivity contribution is 0.0702. The van der Waals surface area contributed by atoms with E-state index in [1.165, 1.54) is 11.3 Å². The van der Waals surface area contributed by atoms with Gasteiger partial charge in [-0.2, -0.15) is 0 Å². The maximum Gasteiger partial charge on any atom is 0.345 e. The van der Waals surface area contributed by atoms with Gasteiger partial charge in [0.1, 0.15) is 4.88 Å². The zero-order chi connectivity index (χ0) is 13.1. The normalized spacial score (nSPS) is 10.5. The molecule has 2 rings (SSSR count). The van der Waals surface area contributed by atoms with E-state index in [1.54, 1.807) is 17.8 Å². The van der Waals surface area contributed by atoms with Gasteiger partial charge in [-0.25, -0.2) is 4.79 Å². The van der Waals surface area contributed by atoms with Gasteiger partial charge < -0.3 is 10.8 Å². The van der Waals surface area contributed by atoms with Gasteiger partial charge in [-0.3, -0.25) is 0 Å². The second-order valence-corrected chi connectivity index (χ2v) is 6.02. The quantitative estimate of drug-likeness (QED) is 0.662. The molecule has 94 valence electrons. The van der Waals surface area contributed by atoms with Crippen molar-refractivity contribution in [2.75, 3.05) is 5.73 Å². The van der Waals surface area contributed by atoms with Gasteiger partial charge in [-0.1, -0.05) is 6.07 Å². The summed E-state index contributed by atoms with van der Waals surface area (Å²) in [5, 5.41) is 8.85. The SMILES string of the molecule is Cc1c(N)cccc1SCc1ccc(C(=O)O)s1. The molecule has 0 saturated carbocycles. The lowest BCUT2D eigenvalue weighted by Crippen LogP contribution is -1.90. The molecule has 2 aromatic rings. The summed E-state index contributed by atoms with van der Waals surface area (Å²) in [5.41, 5.74) is 7.72. The second-order valence-electron chi connectivity index (χ2n) is 3.83. The van der Waals surface area contributed by atoms with Crippen molar-refractivity contribution in [2.24, 2.45) is 0 Å². The first kappa shape index (κ1) is 13.0. The van der Waals surface area contributed by atoms with E-state index in [-0.39, 0.29) is 0 Å². The van der Waals surface area contributed by atoms with Crippen LogP contribution in [-0.4, -0.2) is 11.1 Å². The molecule has 0 radical (unpaired) electrons. The van der Waals surface area contributed by atoms with Crippen molar-refractivity contribution >= 4 is 34.8 Å². The maximum atomic E-state index is 10.8. The number of aromatic carboxylic acids is 1. The molecular weight excluding hydrogens is 266 g/mol. The van der Waals surface area contributed by atoms with Crippen LogP contribution in [0, 0.1) is 6.92 Å². The predicted molar refractivity (Wildman–Crippen MR) is 76.4 cm³/mol. The summed E-state index contributed by atoms with van der Waals surface area (Å²) in [4.78, 5) is 13.4. The average molecular weight is 279 g/mol. The number of hydrogen-bond donors (Lipinski definition) is 2. The number of rotatable bonds is 4. The van der Waals surface area contributed by atoms with Crippen LogP contribution >= 0.6 is 23.1 Å². The van der Waals surface area contributed by atoms with E-state index in [0.29, 0.717) is 4.88 Å². The highest BCUT2D eigenvalue weighted by molar-refractivity contribution is 7.98. The van der Waals surface area contributed by atoms with Gasteiger partial charge >= 0.3 is 5.97 Å². The molecule has 1 heterocycles. The summed E-state index contributed by atoms with van der Waals surface area (Å²) in [7, 11) is 0. The number of nitrogen functional groups attached to an aromatic ring is 1. The van der Waals surface area contributed by atoms with Gasteiger partial charge in [0.2, 0.25) is 0 Å². The highest BCUT2D eigenvalue weighted by atomic mass is 32.2. The molecule has 0 saturated heterocycles. The lowest BCUT2D eigenvalue weighted by atomic mass is 10.2. The van der Waals surface area contributed by atoms with Crippen molar-refractivity contribution in [2.45, 2.75) is 17.6 Å². The third-order valence-electron chi connectivity index (χ3n) is 2.57. The Labute approximate surface area is 114 Å². The molecule has 0 aliphatic heterocycles. The van der Waals surface area contributed by atoms with E-state index in [0.717, 1.165) is 26.8 Å². The standard InChI is InChI=1S/C13H13NO2S2/c1-8-10(14)3-2-4-11(8)17-7-9-5-6-12(18-9)13(15)16/h2-6H,7,14H2,1H3,(H,15,16). The van der Waals surface area contributed by atoms with Crippen LogP contribution in [0.2, 0.25) is 0 Å². The number of thiophene rings is 1. The van der Waals surface area contributed by atoms with Gasteiger partial charge in [-0.15, -0.1) is 23.1 Å². The van der Waals surface area contributed by atoms with E-state index in [4.69, 9.17) is 10.8 Å². The summed E-state index contributed by atoms with van der Waals surface area (Å²) >= 11 is 3.00. The van der Waals surface area contributed by atoms with E-state index < -0.39 is 5.97 Å².